The molecule has 0 aliphatic heterocycles. The van der Waals surface area contributed by atoms with Gasteiger partial charge in [0, 0.05) is 0 Å². The molecule has 3 saturated carbocycles. The second kappa shape index (κ2) is 2.01. The van der Waals surface area contributed by atoms with Crippen molar-refractivity contribution in [2.45, 2.75) is 38.2 Å². The van der Waals surface area contributed by atoms with Gasteiger partial charge in [0.2, 0.25) is 0 Å². The fraction of sp³-hybridized carbons (Fsp3) is 1.00. The third-order valence-electron chi connectivity index (χ3n) is 4.39. The van der Waals surface area contributed by atoms with Gasteiger partial charge in [0.1, 0.15) is 0 Å². The van der Waals surface area contributed by atoms with Crippen LogP contribution in [0, 0.1) is 23.7 Å². The van der Waals surface area contributed by atoms with Crippen LogP contribution in [-0.4, -0.2) is 11.2 Å². The number of hydrogen-bond donors (Lipinski definition) is 1. The number of fused-ring (bicyclic) bond motifs is 5. The second-order valence-corrected chi connectivity index (χ2v) is 4.72. The molecule has 0 aromatic heterocycles. The minimum atomic E-state index is 0.0827. The van der Waals surface area contributed by atoms with Crippen LogP contribution in [0.4, 0.5) is 0 Å². The lowest BCUT2D eigenvalue weighted by molar-refractivity contribution is 0.0642. The van der Waals surface area contributed by atoms with Crippen molar-refractivity contribution in [2.24, 2.45) is 23.7 Å². The summed E-state index contributed by atoms with van der Waals surface area (Å²) in [4.78, 5) is 0. The molecule has 0 spiro atoms. The average Bonchev–Trinajstić information content (AvgIpc) is 2.52. The molecular formula is C10H16O. The third kappa shape index (κ3) is 0.703. The molecule has 1 N–H and O–H groups in total. The highest BCUT2D eigenvalue weighted by atomic mass is 16.3. The van der Waals surface area contributed by atoms with Crippen LogP contribution in [0.1, 0.15) is 32.1 Å². The van der Waals surface area contributed by atoms with Gasteiger partial charge in [-0.15, -0.1) is 0 Å². The molecule has 0 aromatic carbocycles. The van der Waals surface area contributed by atoms with Crippen LogP contribution in [0.25, 0.3) is 0 Å². The van der Waals surface area contributed by atoms with E-state index in [1.54, 1.807) is 0 Å². The largest absolute Gasteiger partial charge is 0.393 e. The van der Waals surface area contributed by atoms with Crippen LogP contribution in [0.2, 0.25) is 0 Å². The maximum Gasteiger partial charge on any atom is 0.0574 e. The van der Waals surface area contributed by atoms with Crippen molar-refractivity contribution in [3.63, 3.8) is 0 Å². The highest BCUT2D eigenvalue weighted by Gasteiger charge is 2.53. The highest BCUT2D eigenvalue weighted by molar-refractivity contribution is 5.02. The van der Waals surface area contributed by atoms with Crippen LogP contribution >= 0.6 is 0 Å². The Labute approximate surface area is 67.8 Å². The smallest absolute Gasteiger partial charge is 0.0574 e. The van der Waals surface area contributed by atoms with Gasteiger partial charge in [-0.2, -0.15) is 0 Å². The standard InChI is InChI=1S/C10H16O/c11-10-5-6-4-9(10)8-3-1-2-7(6)8/h6-11H,1-5H2/t6-,7-,8-,9-,10-/m0/s1. The second-order valence-electron chi connectivity index (χ2n) is 4.72. The van der Waals surface area contributed by atoms with Gasteiger partial charge in [-0.1, -0.05) is 6.42 Å². The first-order valence-corrected chi connectivity index (χ1v) is 5.04. The lowest BCUT2D eigenvalue weighted by Gasteiger charge is -2.28. The van der Waals surface area contributed by atoms with Crippen molar-refractivity contribution >= 4 is 0 Å². The Balaban J connectivity index is 1.90. The molecule has 3 fully saturated rings. The van der Waals surface area contributed by atoms with Gasteiger partial charge in [0.15, 0.2) is 0 Å². The zero-order chi connectivity index (χ0) is 7.42. The molecule has 0 heterocycles. The van der Waals surface area contributed by atoms with Gasteiger partial charge in [-0.3, -0.25) is 0 Å². The van der Waals surface area contributed by atoms with Crippen molar-refractivity contribution in [3.8, 4) is 0 Å². The number of aliphatic hydroxyl groups is 1. The Bertz CT molecular complexity index is 178. The highest BCUT2D eigenvalue weighted by Crippen LogP contribution is 2.58. The number of aliphatic hydroxyl groups excluding tert-OH is 1. The summed E-state index contributed by atoms with van der Waals surface area (Å²) in [5.74, 6) is 3.60. The summed E-state index contributed by atoms with van der Waals surface area (Å²) in [5.41, 5.74) is 0. The van der Waals surface area contributed by atoms with E-state index in [4.69, 9.17) is 0 Å². The number of rotatable bonds is 0. The van der Waals surface area contributed by atoms with E-state index in [1.165, 1.54) is 25.7 Å². The third-order valence-corrected chi connectivity index (χ3v) is 4.39. The van der Waals surface area contributed by atoms with Crippen molar-refractivity contribution in [1.82, 2.24) is 0 Å². The van der Waals surface area contributed by atoms with Gasteiger partial charge in [0.05, 0.1) is 6.10 Å². The van der Waals surface area contributed by atoms with E-state index < -0.39 is 0 Å². The lowest BCUT2D eigenvalue weighted by atomic mass is 9.80. The van der Waals surface area contributed by atoms with Crippen molar-refractivity contribution in [3.05, 3.63) is 0 Å². The molecule has 0 unspecified atom stereocenters. The van der Waals surface area contributed by atoms with E-state index in [0.717, 1.165) is 24.2 Å². The number of hydrogen-bond acceptors (Lipinski definition) is 1. The van der Waals surface area contributed by atoms with E-state index in [1.807, 2.05) is 0 Å². The van der Waals surface area contributed by atoms with E-state index in [0.29, 0.717) is 5.92 Å². The molecule has 11 heavy (non-hydrogen) atoms. The zero-order valence-electron chi connectivity index (χ0n) is 6.87. The summed E-state index contributed by atoms with van der Waals surface area (Å²) < 4.78 is 0. The Hall–Kier alpha value is -0.0400. The Kier molecular flexibility index (Phi) is 1.18. The molecule has 5 atom stereocenters. The first-order valence-electron chi connectivity index (χ1n) is 5.04. The van der Waals surface area contributed by atoms with Gasteiger partial charge < -0.3 is 5.11 Å². The molecule has 1 heteroatoms. The molecule has 3 aliphatic carbocycles. The Morgan fingerprint density at radius 3 is 2.64 bits per heavy atom. The molecule has 0 aromatic rings. The molecule has 1 nitrogen and oxygen atoms in total. The van der Waals surface area contributed by atoms with Crippen molar-refractivity contribution in [1.29, 1.82) is 0 Å². The monoisotopic (exact) mass is 152 g/mol. The summed E-state index contributed by atoms with van der Waals surface area (Å²) in [6.45, 7) is 0. The molecule has 3 aliphatic rings. The van der Waals surface area contributed by atoms with Gasteiger partial charge >= 0.3 is 0 Å². The molecule has 62 valence electrons. The predicted octanol–water partition coefficient (Wildman–Crippen LogP) is 1.80. The Morgan fingerprint density at radius 2 is 1.73 bits per heavy atom. The van der Waals surface area contributed by atoms with Gasteiger partial charge in [-0.05, 0) is 49.4 Å². The zero-order valence-corrected chi connectivity index (χ0v) is 6.87. The summed E-state index contributed by atoms with van der Waals surface area (Å²) >= 11 is 0. The maximum atomic E-state index is 9.67. The summed E-state index contributed by atoms with van der Waals surface area (Å²) in [6, 6.07) is 0. The maximum absolute atomic E-state index is 9.67. The van der Waals surface area contributed by atoms with E-state index >= 15 is 0 Å². The summed E-state index contributed by atoms with van der Waals surface area (Å²) in [6.07, 6.45) is 6.90. The minimum Gasteiger partial charge on any atom is -0.393 e. The molecule has 0 amide bonds. The molecule has 2 bridgehead atoms. The molecular weight excluding hydrogens is 136 g/mol. The quantitative estimate of drug-likeness (QED) is 0.561. The molecule has 0 radical (unpaired) electrons. The topological polar surface area (TPSA) is 20.2 Å². The van der Waals surface area contributed by atoms with Gasteiger partial charge in [-0.25, -0.2) is 0 Å². The average molecular weight is 152 g/mol. The fourth-order valence-electron chi connectivity index (χ4n) is 4.03. The van der Waals surface area contributed by atoms with Crippen LogP contribution in [0.15, 0.2) is 0 Å². The lowest BCUT2D eigenvalue weighted by Crippen LogP contribution is -2.27. The first kappa shape index (κ1) is 6.47. The fourth-order valence-corrected chi connectivity index (χ4v) is 4.03. The summed E-state index contributed by atoms with van der Waals surface area (Å²) in [7, 11) is 0. The van der Waals surface area contributed by atoms with Crippen molar-refractivity contribution in [2.75, 3.05) is 0 Å². The van der Waals surface area contributed by atoms with Crippen LogP contribution in [0.5, 0.6) is 0 Å². The van der Waals surface area contributed by atoms with Crippen LogP contribution in [0.3, 0.4) is 0 Å². The molecule has 3 rings (SSSR count). The van der Waals surface area contributed by atoms with E-state index in [-0.39, 0.29) is 6.10 Å². The Morgan fingerprint density at radius 1 is 0.909 bits per heavy atom. The summed E-state index contributed by atoms with van der Waals surface area (Å²) in [5, 5.41) is 9.67. The van der Waals surface area contributed by atoms with Crippen LogP contribution < -0.4 is 0 Å². The normalized spacial score (nSPS) is 60.3. The minimum absolute atomic E-state index is 0.0827. The van der Waals surface area contributed by atoms with E-state index in [2.05, 4.69) is 0 Å². The van der Waals surface area contributed by atoms with Crippen LogP contribution in [-0.2, 0) is 0 Å². The molecule has 0 saturated heterocycles. The van der Waals surface area contributed by atoms with E-state index in [9.17, 15) is 5.11 Å². The predicted molar refractivity (Wildman–Crippen MR) is 43.1 cm³/mol. The van der Waals surface area contributed by atoms with Gasteiger partial charge in [0.25, 0.3) is 0 Å². The SMILES string of the molecule is O[C@H]1C[C@@H]2C[C@H]1[C@H]1CCC[C@@H]21. The van der Waals surface area contributed by atoms with Crippen molar-refractivity contribution < 1.29 is 5.11 Å². The first-order chi connectivity index (χ1) is 5.36.